The molecule has 3 heteroatoms. The zero-order valence-electron chi connectivity index (χ0n) is 10.9. The third-order valence-electron chi connectivity index (χ3n) is 1.97. The van der Waals surface area contributed by atoms with Gasteiger partial charge in [0.2, 0.25) is 0 Å². The molecule has 0 aromatic heterocycles. The lowest BCUT2D eigenvalue weighted by Crippen LogP contribution is -2.23. The average molecular weight is 265 g/mol. The number of benzene rings is 1. The summed E-state index contributed by atoms with van der Waals surface area (Å²) in [4.78, 5) is 11.8. The van der Waals surface area contributed by atoms with Gasteiger partial charge in [-0.25, -0.2) is 4.79 Å². The third-order valence-corrected chi connectivity index (χ3v) is 2.16. The van der Waals surface area contributed by atoms with Gasteiger partial charge in [0.15, 0.2) is 0 Å². The minimum absolute atomic E-state index is 0.317. The smallest absolute Gasteiger partial charge is 0.338 e. The highest BCUT2D eigenvalue weighted by Crippen LogP contribution is 2.12. The minimum Gasteiger partial charge on any atom is -0.456 e. The first-order valence-electron chi connectivity index (χ1n) is 5.80. The van der Waals surface area contributed by atoms with Gasteiger partial charge in [0.1, 0.15) is 5.60 Å². The molecule has 1 rings (SSSR count). The van der Waals surface area contributed by atoms with Crippen molar-refractivity contribution in [1.82, 2.24) is 0 Å². The Morgan fingerprint density at radius 2 is 1.89 bits per heavy atom. The Balaban J connectivity index is 2.72. The number of rotatable bonds is 2. The van der Waals surface area contributed by atoms with Crippen molar-refractivity contribution in [2.24, 2.45) is 0 Å². The van der Waals surface area contributed by atoms with E-state index in [1.165, 1.54) is 0 Å². The van der Waals surface area contributed by atoms with Crippen molar-refractivity contribution in [3.05, 3.63) is 35.4 Å². The summed E-state index contributed by atoms with van der Waals surface area (Å²) >= 11 is 5.53. The van der Waals surface area contributed by atoms with E-state index in [0.29, 0.717) is 17.9 Å². The summed E-state index contributed by atoms with van der Waals surface area (Å²) in [6, 6.07) is 7.05. The Morgan fingerprint density at radius 3 is 2.39 bits per heavy atom. The van der Waals surface area contributed by atoms with E-state index in [9.17, 15) is 4.79 Å². The van der Waals surface area contributed by atoms with Crippen LogP contribution in [0.2, 0.25) is 0 Å². The van der Waals surface area contributed by atoms with E-state index in [2.05, 4.69) is 11.8 Å². The van der Waals surface area contributed by atoms with Gasteiger partial charge in [0.25, 0.3) is 0 Å². The van der Waals surface area contributed by atoms with Crippen molar-refractivity contribution in [2.75, 3.05) is 5.88 Å². The summed E-state index contributed by atoms with van der Waals surface area (Å²) in [5, 5.41) is 0. The Kier molecular flexibility index (Phi) is 5.25. The summed E-state index contributed by atoms with van der Waals surface area (Å²) in [6.45, 7) is 5.53. The largest absolute Gasteiger partial charge is 0.456 e. The topological polar surface area (TPSA) is 26.3 Å². The monoisotopic (exact) mass is 264 g/mol. The van der Waals surface area contributed by atoms with Crippen molar-refractivity contribution < 1.29 is 9.53 Å². The predicted molar refractivity (Wildman–Crippen MR) is 73.8 cm³/mol. The molecule has 0 atom stereocenters. The summed E-state index contributed by atoms with van der Waals surface area (Å²) in [5.41, 5.74) is 0.927. The van der Waals surface area contributed by atoms with Crippen LogP contribution in [0, 0.1) is 11.8 Å². The first kappa shape index (κ1) is 14.6. The van der Waals surface area contributed by atoms with E-state index < -0.39 is 5.60 Å². The van der Waals surface area contributed by atoms with Crippen molar-refractivity contribution in [2.45, 2.75) is 32.8 Å². The fourth-order valence-electron chi connectivity index (χ4n) is 1.24. The predicted octanol–water partition coefficient (Wildman–Crippen LogP) is 3.62. The Morgan fingerprint density at radius 1 is 1.28 bits per heavy atom. The van der Waals surface area contributed by atoms with Crippen LogP contribution >= 0.6 is 11.6 Å². The zero-order chi connectivity index (χ0) is 13.6. The van der Waals surface area contributed by atoms with E-state index in [1.54, 1.807) is 24.3 Å². The van der Waals surface area contributed by atoms with Gasteiger partial charge in [-0.05, 0) is 45.0 Å². The maximum Gasteiger partial charge on any atom is 0.338 e. The number of alkyl halides is 1. The van der Waals surface area contributed by atoms with Gasteiger partial charge in [0.05, 0.1) is 5.56 Å². The van der Waals surface area contributed by atoms with Crippen molar-refractivity contribution in [3.8, 4) is 11.8 Å². The van der Waals surface area contributed by atoms with Crippen LogP contribution in [-0.2, 0) is 4.74 Å². The first-order valence-corrected chi connectivity index (χ1v) is 6.34. The fraction of sp³-hybridized carbons (Fsp3) is 0.400. The van der Waals surface area contributed by atoms with Gasteiger partial charge in [-0.3, -0.25) is 0 Å². The third kappa shape index (κ3) is 5.25. The average Bonchev–Trinajstić information content (AvgIpc) is 2.28. The van der Waals surface area contributed by atoms with Crippen LogP contribution in [0.5, 0.6) is 0 Å². The van der Waals surface area contributed by atoms with Crippen LogP contribution in [-0.4, -0.2) is 17.5 Å². The molecule has 0 amide bonds. The quantitative estimate of drug-likeness (QED) is 0.463. The maximum atomic E-state index is 11.8. The molecule has 0 unspecified atom stereocenters. The van der Waals surface area contributed by atoms with Gasteiger partial charge in [-0.15, -0.1) is 11.6 Å². The van der Waals surface area contributed by atoms with Crippen LogP contribution in [0.4, 0.5) is 0 Å². The molecule has 0 bridgehead atoms. The van der Waals surface area contributed by atoms with Crippen molar-refractivity contribution in [3.63, 3.8) is 0 Å². The lowest BCUT2D eigenvalue weighted by atomic mass is 10.1. The molecular formula is C15H17ClO2. The van der Waals surface area contributed by atoms with Crippen LogP contribution in [0.1, 0.15) is 43.1 Å². The van der Waals surface area contributed by atoms with Gasteiger partial charge in [-0.1, -0.05) is 11.8 Å². The van der Waals surface area contributed by atoms with E-state index in [0.717, 1.165) is 5.56 Å². The lowest BCUT2D eigenvalue weighted by molar-refractivity contribution is 0.00696. The van der Waals surface area contributed by atoms with E-state index in [1.807, 2.05) is 20.8 Å². The highest BCUT2D eigenvalue weighted by molar-refractivity contribution is 6.18. The van der Waals surface area contributed by atoms with Crippen molar-refractivity contribution >= 4 is 17.6 Å². The van der Waals surface area contributed by atoms with E-state index in [4.69, 9.17) is 16.3 Å². The van der Waals surface area contributed by atoms with Crippen LogP contribution in [0.25, 0.3) is 0 Å². The summed E-state index contributed by atoms with van der Waals surface area (Å²) < 4.78 is 5.27. The number of esters is 1. The van der Waals surface area contributed by atoms with Crippen LogP contribution in [0.3, 0.4) is 0 Å². The summed E-state index contributed by atoms with van der Waals surface area (Å²) in [7, 11) is 0. The van der Waals surface area contributed by atoms with E-state index >= 15 is 0 Å². The SMILES string of the molecule is CC(C)(C)OC(=O)c1ccc(C#CCCCl)cc1. The molecule has 0 aliphatic carbocycles. The molecule has 0 fully saturated rings. The maximum absolute atomic E-state index is 11.8. The molecule has 0 saturated heterocycles. The Hall–Kier alpha value is -1.46. The Bertz CT molecular complexity index is 458. The molecule has 0 saturated carbocycles. The number of ether oxygens (including phenoxy) is 1. The summed E-state index contributed by atoms with van der Waals surface area (Å²) in [5.74, 6) is 6.13. The molecule has 0 N–H and O–H groups in total. The molecule has 1 aromatic rings. The minimum atomic E-state index is -0.476. The zero-order valence-corrected chi connectivity index (χ0v) is 11.7. The molecule has 0 spiro atoms. The summed E-state index contributed by atoms with van der Waals surface area (Å²) in [6.07, 6.45) is 0.662. The standard InChI is InChI=1S/C15H17ClO2/c1-15(2,3)18-14(17)13-9-7-12(8-10-13)6-4-5-11-16/h7-10H,5,11H2,1-3H3. The second kappa shape index (κ2) is 6.47. The molecule has 0 aliphatic heterocycles. The number of hydrogen-bond donors (Lipinski definition) is 0. The molecule has 0 heterocycles. The molecule has 96 valence electrons. The highest BCUT2D eigenvalue weighted by atomic mass is 35.5. The number of hydrogen-bond acceptors (Lipinski definition) is 2. The van der Waals surface area contributed by atoms with Gasteiger partial charge >= 0.3 is 5.97 Å². The molecule has 0 radical (unpaired) electrons. The molecule has 1 aromatic carbocycles. The van der Waals surface area contributed by atoms with Crippen LogP contribution < -0.4 is 0 Å². The molecule has 2 nitrogen and oxygen atoms in total. The van der Waals surface area contributed by atoms with Gasteiger partial charge in [0, 0.05) is 17.9 Å². The first-order chi connectivity index (χ1) is 8.42. The normalized spacial score (nSPS) is 10.4. The number of halogens is 1. The molecule has 0 aliphatic rings. The second-order valence-corrected chi connectivity index (χ2v) is 5.20. The molecular weight excluding hydrogens is 248 g/mol. The highest BCUT2D eigenvalue weighted by Gasteiger charge is 2.17. The molecule has 18 heavy (non-hydrogen) atoms. The van der Waals surface area contributed by atoms with Gasteiger partial charge in [-0.2, -0.15) is 0 Å². The fourth-order valence-corrected chi connectivity index (χ4v) is 1.33. The van der Waals surface area contributed by atoms with Crippen molar-refractivity contribution in [1.29, 1.82) is 0 Å². The number of carbonyl (C=O) groups excluding carboxylic acids is 1. The van der Waals surface area contributed by atoms with Gasteiger partial charge < -0.3 is 4.74 Å². The number of carbonyl (C=O) groups is 1. The Labute approximate surface area is 113 Å². The lowest BCUT2D eigenvalue weighted by Gasteiger charge is -2.19. The van der Waals surface area contributed by atoms with E-state index in [-0.39, 0.29) is 5.97 Å². The van der Waals surface area contributed by atoms with Crippen LogP contribution in [0.15, 0.2) is 24.3 Å². The second-order valence-electron chi connectivity index (χ2n) is 4.82.